The van der Waals surface area contributed by atoms with Gasteiger partial charge in [-0.3, -0.25) is 18.9 Å². The number of halogens is 7. The molecular formula is C43H39ClF6N10O3S. The van der Waals surface area contributed by atoms with Crippen LogP contribution in [0.4, 0.5) is 43.5 Å². The first kappa shape index (κ1) is 43.2. The number of aliphatic imine (C=N–C) groups is 1. The molecule has 1 amide bonds. The Bertz CT molecular complexity index is 3010. The first-order valence-corrected chi connectivity index (χ1v) is 22.5. The van der Waals surface area contributed by atoms with E-state index in [1.807, 2.05) is 26.0 Å². The Hall–Kier alpha value is -6.02. The Balaban J connectivity index is 1.19. The van der Waals surface area contributed by atoms with Gasteiger partial charge in [-0.2, -0.15) is 19.0 Å². The van der Waals surface area contributed by atoms with Crippen molar-refractivity contribution in [1.82, 2.24) is 34.8 Å². The molecule has 3 aliphatic rings. The van der Waals surface area contributed by atoms with Crippen molar-refractivity contribution in [2.45, 2.75) is 76.4 Å². The highest BCUT2D eigenvalue weighted by atomic mass is 35.5. The van der Waals surface area contributed by atoms with Gasteiger partial charge in [0.25, 0.3) is 12.3 Å². The van der Waals surface area contributed by atoms with Crippen molar-refractivity contribution in [2.75, 3.05) is 15.9 Å². The van der Waals surface area contributed by atoms with E-state index in [2.05, 4.69) is 25.2 Å². The summed E-state index contributed by atoms with van der Waals surface area (Å²) in [6, 6.07) is 11.9. The second kappa shape index (κ2) is 15.9. The molecule has 1 saturated carbocycles. The number of anilines is 2. The van der Waals surface area contributed by atoms with E-state index in [1.54, 1.807) is 36.3 Å². The summed E-state index contributed by atoms with van der Waals surface area (Å²) in [6.07, 6.45) is -0.0268. The van der Waals surface area contributed by atoms with Crippen molar-refractivity contribution in [3.8, 4) is 11.3 Å². The van der Waals surface area contributed by atoms with Crippen LogP contribution in [0.2, 0.25) is 5.02 Å². The number of aryl methyl sites for hydroxylation is 1. The minimum atomic E-state index is -3.84. The molecule has 13 nitrogen and oxygen atoms in total. The lowest BCUT2D eigenvalue weighted by Crippen LogP contribution is -2.51. The Morgan fingerprint density at radius 2 is 1.80 bits per heavy atom. The maximum Gasteiger partial charge on any atom is 0.293 e. The predicted octanol–water partition coefficient (Wildman–Crippen LogP) is 8.67. The number of amides is 1. The van der Waals surface area contributed by atoms with E-state index in [1.165, 1.54) is 10.7 Å². The largest absolute Gasteiger partial charge is 0.344 e. The molecule has 1 fully saturated rings. The molecule has 64 heavy (non-hydrogen) atoms. The average molecular weight is 925 g/mol. The molecule has 4 heterocycles. The normalized spacial score (nSPS) is 18.4. The molecule has 3 aromatic carbocycles. The van der Waals surface area contributed by atoms with E-state index in [0.29, 0.717) is 50.3 Å². The summed E-state index contributed by atoms with van der Waals surface area (Å²) in [5.41, 5.74) is 1.39. The summed E-state index contributed by atoms with van der Waals surface area (Å²) >= 11 is 6.70. The average Bonchev–Trinajstić information content (AvgIpc) is 3.77. The van der Waals surface area contributed by atoms with Crippen molar-refractivity contribution in [3.63, 3.8) is 0 Å². The third-order valence-corrected chi connectivity index (χ3v) is 12.8. The molecule has 0 radical (unpaired) electrons. The zero-order chi connectivity index (χ0) is 45.6. The summed E-state index contributed by atoms with van der Waals surface area (Å²) in [5, 5.41) is 11.4. The highest BCUT2D eigenvalue weighted by Crippen LogP contribution is 2.68. The molecule has 0 bridgehead atoms. The second-order valence-electron chi connectivity index (χ2n) is 16.4. The maximum absolute atomic E-state index is 15.6. The monoisotopic (exact) mass is 924 g/mol. The number of amidine groups is 1. The van der Waals surface area contributed by atoms with Gasteiger partial charge in [-0.25, -0.2) is 40.9 Å². The van der Waals surface area contributed by atoms with Crippen LogP contribution in [0, 0.1) is 17.6 Å². The molecule has 4 atom stereocenters. The van der Waals surface area contributed by atoms with Crippen LogP contribution in [0.25, 0.3) is 22.2 Å². The van der Waals surface area contributed by atoms with Gasteiger partial charge in [0.2, 0.25) is 15.9 Å². The zero-order valence-electron chi connectivity index (χ0n) is 34.6. The quantitative estimate of drug-likeness (QED) is 0.109. The number of nitrogens with one attached hydrogen (secondary N) is 2. The molecule has 3 aromatic heterocycles. The van der Waals surface area contributed by atoms with E-state index in [4.69, 9.17) is 21.6 Å². The molecule has 1 unspecified atom stereocenters. The van der Waals surface area contributed by atoms with Crippen molar-refractivity contribution in [3.05, 3.63) is 111 Å². The van der Waals surface area contributed by atoms with Gasteiger partial charge in [0, 0.05) is 48.7 Å². The maximum atomic E-state index is 15.6. The smallest absolute Gasteiger partial charge is 0.293 e. The number of sulfonamides is 1. The van der Waals surface area contributed by atoms with E-state index < -0.39 is 75.7 Å². The first-order valence-electron chi connectivity index (χ1n) is 20.3. The third kappa shape index (κ3) is 7.83. The minimum absolute atomic E-state index is 0.0272. The fraction of sp³-hybridized carbons (Fsp3) is 0.349. The summed E-state index contributed by atoms with van der Waals surface area (Å²) < 4.78 is 118. The number of hydrogen-bond donors (Lipinski definition) is 2. The molecule has 2 N–H and O–H groups in total. The number of alkyl halides is 4. The number of carbonyl (C=O) groups is 1. The van der Waals surface area contributed by atoms with E-state index >= 15 is 8.78 Å². The van der Waals surface area contributed by atoms with Gasteiger partial charge in [0.15, 0.2) is 5.82 Å². The van der Waals surface area contributed by atoms with Crippen molar-refractivity contribution >= 4 is 61.5 Å². The Kier molecular flexibility index (Phi) is 10.7. The van der Waals surface area contributed by atoms with Crippen LogP contribution >= 0.6 is 11.6 Å². The molecule has 0 spiro atoms. The fourth-order valence-electron chi connectivity index (χ4n) is 8.77. The molecule has 0 saturated heterocycles. The predicted molar refractivity (Wildman–Crippen MR) is 228 cm³/mol. The van der Waals surface area contributed by atoms with Gasteiger partial charge >= 0.3 is 0 Å². The molecule has 9 rings (SSSR count). The molecular weight excluding hydrogens is 886 g/mol. The molecule has 6 aromatic rings. The van der Waals surface area contributed by atoms with E-state index in [9.17, 15) is 30.8 Å². The summed E-state index contributed by atoms with van der Waals surface area (Å²) in [6.45, 7) is 3.19. The van der Waals surface area contributed by atoms with Gasteiger partial charge in [0.1, 0.15) is 41.2 Å². The van der Waals surface area contributed by atoms with Gasteiger partial charge in [-0.15, -0.1) is 0 Å². The van der Waals surface area contributed by atoms with Crippen molar-refractivity contribution in [2.24, 2.45) is 18.0 Å². The molecule has 2 aliphatic carbocycles. The van der Waals surface area contributed by atoms with E-state index in [-0.39, 0.29) is 58.5 Å². The Morgan fingerprint density at radius 3 is 2.50 bits per heavy atom. The number of fused-ring (bicyclic) bond motifs is 5. The van der Waals surface area contributed by atoms with Crippen LogP contribution in [0.1, 0.15) is 78.9 Å². The number of carbonyl (C=O) groups excluding carboxylic acids is 1. The highest BCUT2D eigenvalue weighted by Gasteiger charge is 2.67. The van der Waals surface area contributed by atoms with Gasteiger partial charge < -0.3 is 10.2 Å². The molecule has 21 heteroatoms. The topological polar surface area (TPSA) is 152 Å². The lowest BCUT2D eigenvalue weighted by atomic mass is 9.99. The fourth-order valence-corrected chi connectivity index (χ4v) is 9.51. The van der Waals surface area contributed by atoms with Gasteiger partial charge in [0.05, 0.1) is 51.8 Å². The summed E-state index contributed by atoms with van der Waals surface area (Å²) in [5.74, 6) is -7.48. The lowest BCUT2D eigenvalue weighted by Gasteiger charge is -2.36. The van der Waals surface area contributed by atoms with Crippen LogP contribution in [0.15, 0.2) is 65.8 Å². The van der Waals surface area contributed by atoms with Gasteiger partial charge in [-0.1, -0.05) is 37.6 Å². The van der Waals surface area contributed by atoms with Crippen LogP contribution in [0.3, 0.4) is 0 Å². The Morgan fingerprint density at radius 1 is 1.05 bits per heavy atom. The Labute approximate surface area is 367 Å². The molecule has 334 valence electrons. The SMILES string of the molecule is CCC(C)c1nccc(-c2ccc3c(c2)N=C([C@H](Cc2cc(F)cc(F)c2)NC(=O)Cn2nc(C(F)F)c4c2C(F)(F)[C@@H]2C[C@H]42)N(c2ccc(Cl)c4c(NS(C)(=O)=O)nn(C)c24)C3)n1. The summed E-state index contributed by atoms with van der Waals surface area (Å²) in [7, 11) is -2.28. The highest BCUT2D eigenvalue weighted by molar-refractivity contribution is 7.92. The van der Waals surface area contributed by atoms with Crippen LogP contribution in [0.5, 0.6) is 0 Å². The first-order chi connectivity index (χ1) is 30.3. The van der Waals surface area contributed by atoms with Crippen LogP contribution in [-0.4, -0.2) is 62.0 Å². The van der Waals surface area contributed by atoms with E-state index in [0.717, 1.165) is 24.8 Å². The number of aromatic nitrogens is 6. The van der Waals surface area contributed by atoms with Crippen molar-refractivity contribution < 1.29 is 39.6 Å². The lowest BCUT2D eigenvalue weighted by molar-refractivity contribution is -0.122. The number of hydrogen-bond acceptors (Lipinski definition) is 9. The van der Waals surface area contributed by atoms with Gasteiger partial charge in [-0.05, 0) is 66.3 Å². The number of benzene rings is 3. The standard InChI is InChI=1S/C43H39ClF6N10O3S/c1-5-20(2)40-51-11-10-29(53-40)22-6-7-23-18-59(32-9-8-28(44)35-37(32)58(3)56-41(35)57-64(4,62)63)42(54-30(23)15-22)31(14-21-12-24(45)16-25(46)13-21)52-33(61)19-60-38-34(36(55-60)39(47)48)26-17-27(26)43(38,49)50/h6-13,15-16,20,26-27,31,39H,5,14,17-19H2,1-4H3,(H,52,61)(H,56,57)/t20?,26-,27+,31-/m0/s1. The summed E-state index contributed by atoms with van der Waals surface area (Å²) in [4.78, 5) is 30.2. The van der Waals surface area contributed by atoms with Crippen molar-refractivity contribution in [1.29, 1.82) is 0 Å². The third-order valence-electron chi connectivity index (χ3n) is 11.9. The van der Waals surface area contributed by atoms with Crippen LogP contribution < -0.4 is 14.9 Å². The minimum Gasteiger partial charge on any atom is -0.344 e. The zero-order valence-corrected chi connectivity index (χ0v) is 36.1. The molecule has 1 aliphatic heterocycles. The number of rotatable bonds is 13. The number of nitrogens with zero attached hydrogens (tertiary/aromatic N) is 8. The second-order valence-corrected chi connectivity index (χ2v) is 18.6. The van der Waals surface area contributed by atoms with Crippen LogP contribution in [-0.2, 0) is 47.3 Å².